The molecule has 4 heterocycles. The van der Waals surface area contributed by atoms with Gasteiger partial charge in [0.1, 0.15) is 42.0 Å². The van der Waals surface area contributed by atoms with Crippen LogP contribution in [0.2, 0.25) is 0 Å². The Morgan fingerprint density at radius 2 is 1.73 bits per heavy atom. The Bertz CT molecular complexity index is 2700. The monoisotopic (exact) mass is 1010 g/mol. The van der Waals surface area contributed by atoms with Gasteiger partial charge in [0.25, 0.3) is 11.8 Å². The lowest BCUT2D eigenvalue weighted by molar-refractivity contribution is -0.144. The van der Waals surface area contributed by atoms with Gasteiger partial charge in [0, 0.05) is 13.1 Å². The molecule has 0 radical (unpaired) electrons. The van der Waals surface area contributed by atoms with E-state index in [2.05, 4.69) is 20.6 Å². The molecule has 0 aliphatic carbocycles. The summed E-state index contributed by atoms with van der Waals surface area (Å²) in [6, 6.07) is 10.3. The predicted molar refractivity (Wildman–Crippen MR) is 253 cm³/mol. The van der Waals surface area contributed by atoms with Crippen LogP contribution in [0.25, 0.3) is 10.4 Å². The van der Waals surface area contributed by atoms with Crippen LogP contribution in [0.1, 0.15) is 80.2 Å². The van der Waals surface area contributed by atoms with Gasteiger partial charge >= 0.3 is 6.18 Å². The molecule has 4 aromatic rings. The summed E-state index contributed by atoms with van der Waals surface area (Å²) >= 11 is 7.03. The van der Waals surface area contributed by atoms with Gasteiger partial charge in [-0.25, -0.2) is 14.4 Å². The molecule has 0 spiro atoms. The first kappa shape index (κ1) is 52.8. The normalized spacial score (nSPS) is 16.3. The summed E-state index contributed by atoms with van der Waals surface area (Å²) in [7, 11) is 0. The lowest BCUT2D eigenvalue weighted by Gasteiger charge is -2.35. The van der Waals surface area contributed by atoms with Gasteiger partial charge in [-0.3, -0.25) is 28.9 Å². The summed E-state index contributed by atoms with van der Waals surface area (Å²) in [6.45, 7) is 10.2. The van der Waals surface area contributed by atoms with Crippen LogP contribution in [0.15, 0.2) is 54.2 Å². The molecule has 2 aromatic heterocycles. The van der Waals surface area contributed by atoms with Crippen LogP contribution in [0, 0.1) is 29.5 Å². The fourth-order valence-corrected chi connectivity index (χ4v) is 9.29. The molecule has 0 bridgehead atoms. The number of thiocarbonyl (C=S) groups is 1. The molecule has 4 N–H and O–H groups in total. The summed E-state index contributed by atoms with van der Waals surface area (Å²) in [4.78, 5) is 79.3. The second-order valence-electron chi connectivity index (χ2n) is 17.9. The number of rotatable bonds is 18. The first-order valence-corrected chi connectivity index (χ1v) is 23.2. The summed E-state index contributed by atoms with van der Waals surface area (Å²) in [5.74, 6) is -5.19. The number of likely N-dealkylation sites (tertiary alicyclic amines) is 1. The Morgan fingerprint density at radius 1 is 1.04 bits per heavy atom. The highest BCUT2D eigenvalue weighted by Crippen LogP contribution is 2.42. The number of nitrogens with one attached hydrogen (secondary N) is 2. The molecule has 70 heavy (non-hydrogen) atoms. The zero-order chi connectivity index (χ0) is 51.3. The minimum Gasteiger partial charge on any atom is -0.475 e. The van der Waals surface area contributed by atoms with Crippen molar-refractivity contribution in [3.05, 3.63) is 87.9 Å². The maximum Gasteiger partial charge on any atom is 0.420 e. The number of thiazole rings is 1. The van der Waals surface area contributed by atoms with Gasteiger partial charge in [-0.15, -0.1) is 11.3 Å². The molecule has 0 saturated carbocycles. The second-order valence-corrected chi connectivity index (χ2v) is 19.1. The first-order valence-electron chi connectivity index (χ1n) is 21.9. The summed E-state index contributed by atoms with van der Waals surface area (Å²) < 4.78 is 73.5. The quantitative estimate of drug-likeness (QED) is 0.0609. The van der Waals surface area contributed by atoms with Crippen LogP contribution in [0.4, 0.5) is 28.9 Å². The SMILES string of the molecule is Cc1ncsc1-c1ccc(CNC(=O)C2CCCN2C(=O)C(NC(=O)COCCOCCOc2ncc(N3C(=S)N(c4ccc(C#N)c(C(F)(F)F)c4F)C(=O)C3(C)C)cc2C(N)=O)C(C)(C)C)cc1. The number of hydrogen-bond acceptors (Lipinski definition) is 13. The van der Waals surface area contributed by atoms with Crippen LogP contribution in [-0.4, -0.2) is 107 Å². The average Bonchev–Trinajstić information content (AvgIpc) is 4.01. The minimum atomic E-state index is -5.26. The number of alkyl halides is 3. The molecule has 2 saturated heterocycles. The molecule has 2 aliphatic heterocycles. The van der Waals surface area contributed by atoms with Crippen LogP contribution in [0.5, 0.6) is 5.88 Å². The van der Waals surface area contributed by atoms with Crippen molar-refractivity contribution in [2.75, 3.05) is 49.4 Å². The van der Waals surface area contributed by atoms with Gasteiger partial charge in [-0.1, -0.05) is 45.0 Å². The molecule has 2 fully saturated rings. The van der Waals surface area contributed by atoms with E-state index in [1.165, 1.54) is 42.0 Å². The zero-order valence-electron chi connectivity index (χ0n) is 39.1. The number of ether oxygens (including phenoxy) is 3. The van der Waals surface area contributed by atoms with E-state index in [1.807, 2.05) is 52.0 Å². The van der Waals surface area contributed by atoms with Crippen molar-refractivity contribution < 1.29 is 55.7 Å². The standard InChI is InChI=1S/C47H51F4N9O8S2/c1-26-37(70-25-56-26)28-11-9-27(10-12-28)22-54-40(63)33-8-7-15-58(33)42(64)38(45(2,3)4)57-34(61)24-67-17-16-66-18-19-68-41-31(39(53)62)20-30(23-55-41)60-44(69)59(43(65)46(60,5)6)32-14-13-29(21-52)35(36(32)48)47(49,50)51/h9-14,20,23,25,33,38H,7-8,15-19,22,24H2,1-6H3,(H2,53,62)(H,54,63)(H,57,61). The van der Waals surface area contributed by atoms with E-state index in [-0.39, 0.29) is 68.5 Å². The number of aromatic nitrogens is 2. The molecular formula is C47H51F4N9O8S2. The Labute approximate surface area is 410 Å². The minimum absolute atomic E-state index is 0.00691. The number of nitrogens with two attached hydrogens (primary N) is 1. The number of hydrogen-bond donors (Lipinski definition) is 3. The molecule has 5 amide bonds. The van der Waals surface area contributed by atoms with Gasteiger partial charge in [-0.2, -0.15) is 18.4 Å². The lowest BCUT2D eigenvalue weighted by Crippen LogP contribution is -2.58. The molecule has 2 unspecified atom stereocenters. The van der Waals surface area contributed by atoms with Crippen molar-refractivity contribution in [2.24, 2.45) is 11.1 Å². The van der Waals surface area contributed by atoms with E-state index >= 15 is 4.39 Å². The first-order chi connectivity index (χ1) is 33.0. The van der Waals surface area contributed by atoms with Crippen molar-refractivity contribution in [3.8, 4) is 22.4 Å². The number of amides is 5. The predicted octanol–water partition coefficient (Wildman–Crippen LogP) is 5.81. The number of nitrogens with zero attached hydrogens (tertiary/aromatic N) is 6. The van der Waals surface area contributed by atoms with Gasteiger partial charge in [0.05, 0.1) is 65.1 Å². The fraction of sp³-hybridized carbons (Fsp3) is 0.426. The maximum atomic E-state index is 15.5. The molecule has 2 aliphatic rings. The van der Waals surface area contributed by atoms with Gasteiger partial charge in [-0.05, 0) is 80.6 Å². The molecule has 2 aromatic carbocycles. The topological polar surface area (TPSA) is 222 Å². The van der Waals surface area contributed by atoms with Crippen LogP contribution < -0.4 is 30.9 Å². The van der Waals surface area contributed by atoms with Crippen molar-refractivity contribution in [1.29, 1.82) is 5.26 Å². The van der Waals surface area contributed by atoms with E-state index in [0.717, 1.165) is 33.8 Å². The summed E-state index contributed by atoms with van der Waals surface area (Å²) in [5, 5.41) is 14.5. The number of anilines is 2. The van der Waals surface area contributed by atoms with Crippen molar-refractivity contribution >= 4 is 69.6 Å². The largest absolute Gasteiger partial charge is 0.475 e. The van der Waals surface area contributed by atoms with Gasteiger partial charge < -0.3 is 40.4 Å². The maximum absolute atomic E-state index is 15.5. The number of halogens is 4. The number of carbonyl (C=O) groups excluding carboxylic acids is 5. The second kappa shape index (κ2) is 21.6. The summed E-state index contributed by atoms with van der Waals surface area (Å²) in [5.41, 5.74) is 4.06. The van der Waals surface area contributed by atoms with Crippen LogP contribution in [-0.2, 0) is 41.4 Å². The number of primary amides is 1. The third-order valence-electron chi connectivity index (χ3n) is 11.6. The number of carbonyl (C=O) groups is 5. The third kappa shape index (κ3) is 11.5. The molecule has 17 nitrogen and oxygen atoms in total. The molecule has 23 heteroatoms. The molecule has 372 valence electrons. The van der Waals surface area contributed by atoms with E-state index in [1.54, 1.807) is 16.8 Å². The zero-order valence-corrected chi connectivity index (χ0v) is 40.7. The smallest absolute Gasteiger partial charge is 0.420 e. The summed E-state index contributed by atoms with van der Waals surface area (Å²) in [6.07, 6.45) is -2.98. The fourth-order valence-electron chi connectivity index (χ4n) is 7.97. The van der Waals surface area contributed by atoms with E-state index in [9.17, 15) is 42.4 Å². The molecular weight excluding hydrogens is 959 g/mol. The van der Waals surface area contributed by atoms with E-state index in [4.69, 9.17) is 32.2 Å². The number of aryl methyl sites for hydroxylation is 1. The number of pyridine rings is 1. The third-order valence-corrected chi connectivity index (χ3v) is 12.9. The van der Waals surface area contributed by atoms with Gasteiger partial charge in [0.15, 0.2) is 10.9 Å². The molecule has 2 atom stereocenters. The highest BCUT2D eigenvalue weighted by molar-refractivity contribution is 7.81. The Morgan fingerprint density at radius 3 is 2.36 bits per heavy atom. The van der Waals surface area contributed by atoms with E-state index < -0.39 is 74.7 Å². The van der Waals surface area contributed by atoms with Gasteiger partial charge in [0.2, 0.25) is 23.6 Å². The van der Waals surface area contributed by atoms with Crippen LogP contribution in [0.3, 0.4) is 0 Å². The number of nitriles is 1. The van der Waals surface area contributed by atoms with Crippen molar-refractivity contribution in [2.45, 2.75) is 84.7 Å². The highest BCUT2D eigenvalue weighted by Gasteiger charge is 2.52. The van der Waals surface area contributed by atoms with Crippen molar-refractivity contribution in [3.63, 3.8) is 0 Å². The van der Waals surface area contributed by atoms with Crippen molar-refractivity contribution in [1.82, 2.24) is 25.5 Å². The van der Waals surface area contributed by atoms with Crippen LogP contribution >= 0.6 is 23.6 Å². The number of benzene rings is 2. The Kier molecular flexibility index (Phi) is 16.3. The Balaban J connectivity index is 0.962. The lowest BCUT2D eigenvalue weighted by atomic mass is 9.85. The Hall–Kier alpha value is -6.61. The average molecular weight is 1010 g/mol. The van der Waals surface area contributed by atoms with E-state index in [0.29, 0.717) is 24.3 Å². The highest BCUT2D eigenvalue weighted by atomic mass is 32.1. The molecule has 6 rings (SSSR count).